The highest BCUT2D eigenvalue weighted by atomic mass is 16.3. The van der Waals surface area contributed by atoms with Gasteiger partial charge >= 0.3 is 0 Å². The standard InChI is InChI=1S/C62H48N2O/c1-2-12-47-36-59-55(35-46(47)11-1)52-15-3-6-20-57(52)64(59)50-14-9-13-45(34-50)43-23-27-48(28-24-43)63(58-21-7-5-19-56(58)62-37-40-31-41(38-62)33-42(32-40)39-62)49-29-25-44(26-30-49)51-17-10-18-54-53-16-4-8-22-60(53)65-61(51)54/h1-30,34-36,40-42H,31-33,37-39H2/t40-,41-,42?,62?/m1/s1. The molecule has 312 valence electrons. The molecule has 0 aliphatic heterocycles. The van der Waals surface area contributed by atoms with Crippen molar-refractivity contribution in [2.45, 2.75) is 43.9 Å². The van der Waals surface area contributed by atoms with Gasteiger partial charge in [0.15, 0.2) is 0 Å². The predicted octanol–water partition coefficient (Wildman–Crippen LogP) is 17.1. The molecule has 4 bridgehead atoms. The quantitative estimate of drug-likeness (QED) is 0.159. The van der Waals surface area contributed by atoms with E-state index in [0.29, 0.717) is 0 Å². The first-order valence-electron chi connectivity index (χ1n) is 23.7. The highest BCUT2D eigenvalue weighted by Gasteiger charge is 2.52. The Balaban J connectivity index is 0.877. The van der Waals surface area contributed by atoms with Gasteiger partial charge in [0.2, 0.25) is 0 Å². The van der Waals surface area contributed by atoms with E-state index in [1.807, 2.05) is 6.07 Å². The Morgan fingerprint density at radius 1 is 0.446 bits per heavy atom. The molecule has 3 heteroatoms. The van der Waals surface area contributed by atoms with Crippen LogP contribution in [0.25, 0.3) is 82.5 Å². The molecule has 0 atom stereocenters. The minimum atomic E-state index is 0.236. The van der Waals surface area contributed by atoms with Gasteiger partial charge in [0.1, 0.15) is 11.2 Å². The Labute approximate surface area is 379 Å². The van der Waals surface area contributed by atoms with Crippen LogP contribution in [0.15, 0.2) is 205 Å². The third-order valence-corrected chi connectivity index (χ3v) is 15.7. The van der Waals surface area contributed by atoms with Crippen LogP contribution in [0.4, 0.5) is 17.1 Å². The molecule has 0 radical (unpaired) electrons. The molecule has 11 aromatic rings. The van der Waals surface area contributed by atoms with E-state index < -0.39 is 0 Å². The van der Waals surface area contributed by atoms with Crippen LogP contribution in [0.1, 0.15) is 44.1 Å². The van der Waals surface area contributed by atoms with Gasteiger partial charge in [-0.2, -0.15) is 0 Å². The largest absolute Gasteiger partial charge is 0.455 e. The number of fused-ring (bicyclic) bond motifs is 7. The van der Waals surface area contributed by atoms with E-state index in [-0.39, 0.29) is 5.41 Å². The summed E-state index contributed by atoms with van der Waals surface area (Å²) < 4.78 is 8.95. The van der Waals surface area contributed by atoms with E-state index in [1.54, 1.807) is 0 Å². The Hall–Kier alpha value is -7.36. The van der Waals surface area contributed by atoms with Crippen molar-refractivity contribution >= 4 is 71.6 Å². The van der Waals surface area contributed by atoms with E-state index >= 15 is 0 Å². The van der Waals surface area contributed by atoms with Crippen molar-refractivity contribution < 1.29 is 4.42 Å². The summed E-state index contributed by atoms with van der Waals surface area (Å²) >= 11 is 0. The van der Waals surface area contributed by atoms with E-state index in [0.717, 1.165) is 62.2 Å². The smallest absolute Gasteiger partial charge is 0.143 e. The lowest BCUT2D eigenvalue weighted by Crippen LogP contribution is -2.48. The Bertz CT molecular complexity index is 3610. The van der Waals surface area contributed by atoms with Crippen LogP contribution in [0.5, 0.6) is 0 Å². The van der Waals surface area contributed by atoms with Gasteiger partial charge in [-0.05, 0) is 161 Å². The number of benzene rings is 9. The summed E-state index contributed by atoms with van der Waals surface area (Å²) in [4.78, 5) is 2.54. The van der Waals surface area contributed by atoms with Crippen LogP contribution >= 0.6 is 0 Å². The van der Waals surface area contributed by atoms with Crippen LogP contribution in [0.2, 0.25) is 0 Å². The molecule has 0 unspecified atom stereocenters. The lowest BCUT2D eigenvalue weighted by Gasteiger charge is -2.57. The molecule has 4 saturated carbocycles. The van der Waals surface area contributed by atoms with Crippen molar-refractivity contribution in [2.75, 3.05) is 4.90 Å². The average molecular weight is 837 g/mol. The molecule has 0 amide bonds. The average Bonchev–Trinajstić information content (AvgIpc) is 3.89. The van der Waals surface area contributed by atoms with Gasteiger partial charge < -0.3 is 13.9 Å². The Kier molecular flexibility index (Phi) is 8.17. The van der Waals surface area contributed by atoms with Crippen LogP contribution in [-0.4, -0.2) is 4.57 Å². The maximum atomic E-state index is 6.50. The summed E-state index contributed by atoms with van der Waals surface area (Å²) in [5, 5.41) is 7.39. The fourth-order valence-electron chi connectivity index (χ4n) is 13.3. The van der Waals surface area contributed by atoms with Crippen molar-refractivity contribution in [1.82, 2.24) is 4.57 Å². The summed E-state index contributed by atoms with van der Waals surface area (Å²) in [6.45, 7) is 0. The van der Waals surface area contributed by atoms with Crippen molar-refractivity contribution in [2.24, 2.45) is 17.8 Å². The number of rotatable bonds is 7. The number of hydrogen-bond acceptors (Lipinski definition) is 2. The molecule has 4 aliphatic carbocycles. The molecule has 9 aromatic carbocycles. The third-order valence-electron chi connectivity index (χ3n) is 15.7. The SMILES string of the molecule is c1cc(-c2ccc(N(c3ccc(-c4cccc5c4oc4ccccc45)cc3)c3ccccc3C34CC5C[C@H](C3)C[C@H](C5)C4)cc2)cc(-n2c3ccccc3c3cc4ccccc4cc32)c1. The topological polar surface area (TPSA) is 21.3 Å². The predicted molar refractivity (Wildman–Crippen MR) is 271 cm³/mol. The van der Waals surface area contributed by atoms with Gasteiger partial charge in [-0.1, -0.05) is 133 Å². The summed E-state index contributed by atoms with van der Waals surface area (Å²) in [5.41, 5.74) is 15.6. The maximum Gasteiger partial charge on any atom is 0.143 e. The summed E-state index contributed by atoms with van der Waals surface area (Å²) in [5.74, 6) is 2.58. The second-order valence-corrected chi connectivity index (χ2v) is 19.5. The molecule has 4 fully saturated rings. The molecule has 4 aliphatic rings. The zero-order chi connectivity index (χ0) is 42.6. The minimum absolute atomic E-state index is 0.236. The van der Waals surface area contributed by atoms with Gasteiger partial charge in [-0.15, -0.1) is 0 Å². The second-order valence-electron chi connectivity index (χ2n) is 19.5. The van der Waals surface area contributed by atoms with Gasteiger partial charge in [-0.3, -0.25) is 0 Å². The molecule has 3 nitrogen and oxygen atoms in total. The minimum Gasteiger partial charge on any atom is -0.455 e. The van der Waals surface area contributed by atoms with E-state index in [4.69, 9.17) is 4.42 Å². The van der Waals surface area contributed by atoms with Crippen molar-refractivity contribution in [3.05, 3.63) is 206 Å². The number of nitrogens with zero attached hydrogens (tertiary/aromatic N) is 2. The molecular weight excluding hydrogens is 789 g/mol. The first-order chi connectivity index (χ1) is 32.1. The van der Waals surface area contributed by atoms with Crippen molar-refractivity contribution in [3.8, 4) is 27.9 Å². The van der Waals surface area contributed by atoms with Crippen molar-refractivity contribution in [1.29, 1.82) is 0 Å². The highest BCUT2D eigenvalue weighted by Crippen LogP contribution is 2.62. The third kappa shape index (κ3) is 5.88. The van der Waals surface area contributed by atoms with E-state index in [1.165, 1.54) is 99.2 Å². The molecule has 0 spiro atoms. The number of furan rings is 1. The molecule has 0 saturated heterocycles. The second kappa shape index (κ2) is 14.3. The first-order valence-corrected chi connectivity index (χ1v) is 23.7. The van der Waals surface area contributed by atoms with Crippen LogP contribution < -0.4 is 4.90 Å². The molecule has 65 heavy (non-hydrogen) atoms. The fourth-order valence-corrected chi connectivity index (χ4v) is 13.3. The number of aromatic nitrogens is 1. The van der Waals surface area contributed by atoms with Crippen LogP contribution in [0.3, 0.4) is 0 Å². The van der Waals surface area contributed by atoms with Gasteiger partial charge in [0, 0.05) is 49.9 Å². The van der Waals surface area contributed by atoms with Gasteiger partial charge in [0.25, 0.3) is 0 Å². The van der Waals surface area contributed by atoms with E-state index in [2.05, 4.69) is 204 Å². The number of para-hydroxylation sites is 4. The molecular formula is C62H48N2O. The highest BCUT2D eigenvalue weighted by molar-refractivity contribution is 6.14. The molecule has 15 rings (SSSR count). The molecule has 2 aromatic heterocycles. The number of hydrogen-bond donors (Lipinski definition) is 0. The van der Waals surface area contributed by atoms with Crippen molar-refractivity contribution in [3.63, 3.8) is 0 Å². The zero-order valence-electron chi connectivity index (χ0n) is 36.3. The summed E-state index contributed by atoms with van der Waals surface area (Å²) in [7, 11) is 0. The van der Waals surface area contributed by atoms with Gasteiger partial charge in [0.05, 0.1) is 11.0 Å². The normalized spacial score (nSPS) is 20.2. The van der Waals surface area contributed by atoms with Crippen LogP contribution in [0, 0.1) is 17.8 Å². The van der Waals surface area contributed by atoms with Gasteiger partial charge in [-0.25, -0.2) is 0 Å². The lowest BCUT2D eigenvalue weighted by molar-refractivity contribution is -0.00491. The van der Waals surface area contributed by atoms with Crippen LogP contribution in [-0.2, 0) is 5.41 Å². The first kappa shape index (κ1) is 37.1. The fraction of sp³-hybridized carbons (Fsp3) is 0.161. The summed E-state index contributed by atoms with van der Waals surface area (Å²) in [6.07, 6.45) is 8.26. The number of anilines is 3. The maximum absolute atomic E-state index is 6.50. The van der Waals surface area contributed by atoms with E-state index in [9.17, 15) is 0 Å². The Morgan fingerprint density at radius 2 is 1.06 bits per heavy atom. The zero-order valence-corrected chi connectivity index (χ0v) is 36.3. The monoisotopic (exact) mass is 836 g/mol. The molecule has 2 heterocycles. The Morgan fingerprint density at radius 3 is 1.83 bits per heavy atom. The molecule has 0 N–H and O–H groups in total. The lowest BCUT2D eigenvalue weighted by atomic mass is 9.48. The summed E-state index contributed by atoms with van der Waals surface area (Å²) in [6, 6.07) is 74.1.